The summed E-state index contributed by atoms with van der Waals surface area (Å²) in [6.45, 7) is 6.65. The standard InChI is InChI=1S/C13H23N3O2S/c1-4-14-5-13-15-10(9-19-13)6-16-7-11(17-2)12(8-16)18-3/h9,11-12,14H,4-8H2,1-3H3. The number of rotatable bonds is 7. The molecule has 0 aromatic carbocycles. The van der Waals surface area contributed by atoms with Gasteiger partial charge in [0.15, 0.2) is 0 Å². The summed E-state index contributed by atoms with van der Waals surface area (Å²) in [4.78, 5) is 6.99. The number of hydrogen-bond acceptors (Lipinski definition) is 6. The van der Waals surface area contributed by atoms with E-state index in [2.05, 4.69) is 27.5 Å². The minimum Gasteiger partial charge on any atom is -0.377 e. The van der Waals surface area contributed by atoms with Crippen LogP contribution in [-0.2, 0) is 22.6 Å². The molecule has 0 aliphatic carbocycles. The van der Waals surface area contributed by atoms with Gasteiger partial charge in [0.25, 0.3) is 0 Å². The van der Waals surface area contributed by atoms with Crippen molar-refractivity contribution < 1.29 is 9.47 Å². The summed E-state index contributed by atoms with van der Waals surface area (Å²) in [6.07, 6.45) is 0.342. The van der Waals surface area contributed by atoms with Crippen LogP contribution >= 0.6 is 11.3 Å². The van der Waals surface area contributed by atoms with Crippen molar-refractivity contribution in [3.63, 3.8) is 0 Å². The Morgan fingerprint density at radius 3 is 2.63 bits per heavy atom. The lowest BCUT2D eigenvalue weighted by molar-refractivity contribution is -0.00461. The van der Waals surface area contributed by atoms with Gasteiger partial charge in [0.2, 0.25) is 0 Å². The molecule has 0 bridgehead atoms. The van der Waals surface area contributed by atoms with E-state index in [0.717, 1.165) is 43.4 Å². The minimum atomic E-state index is 0.171. The van der Waals surface area contributed by atoms with Gasteiger partial charge in [-0.15, -0.1) is 11.3 Å². The van der Waals surface area contributed by atoms with Crippen LogP contribution in [0.15, 0.2) is 5.38 Å². The minimum absolute atomic E-state index is 0.171. The zero-order valence-electron chi connectivity index (χ0n) is 11.9. The van der Waals surface area contributed by atoms with Gasteiger partial charge in [-0.05, 0) is 6.54 Å². The first kappa shape index (κ1) is 14.9. The fourth-order valence-electron chi connectivity index (χ4n) is 2.36. The van der Waals surface area contributed by atoms with E-state index in [0.29, 0.717) is 0 Å². The lowest BCUT2D eigenvalue weighted by atomic mass is 10.3. The van der Waals surface area contributed by atoms with Gasteiger partial charge in [0.1, 0.15) is 5.01 Å². The van der Waals surface area contributed by atoms with Crippen LogP contribution in [0.2, 0.25) is 0 Å². The van der Waals surface area contributed by atoms with E-state index >= 15 is 0 Å². The van der Waals surface area contributed by atoms with Crippen LogP contribution in [0.1, 0.15) is 17.6 Å². The highest BCUT2D eigenvalue weighted by Gasteiger charge is 2.32. The number of ether oxygens (including phenoxy) is 2. The van der Waals surface area contributed by atoms with Crippen molar-refractivity contribution in [1.29, 1.82) is 0 Å². The van der Waals surface area contributed by atoms with E-state index in [-0.39, 0.29) is 12.2 Å². The van der Waals surface area contributed by atoms with Crippen molar-refractivity contribution in [3.05, 3.63) is 16.1 Å². The molecular weight excluding hydrogens is 262 g/mol. The molecule has 1 aromatic heterocycles. The average Bonchev–Trinajstić information content (AvgIpc) is 3.03. The molecule has 1 aliphatic heterocycles. The smallest absolute Gasteiger partial charge is 0.107 e. The predicted molar refractivity (Wildman–Crippen MR) is 76.4 cm³/mol. The topological polar surface area (TPSA) is 46.6 Å². The maximum absolute atomic E-state index is 5.45. The maximum Gasteiger partial charge on any atom is 0.107 e. The van der Waals surface area contributed by atoms with Gasteiger partial charge in [-0.25, -0.2) is 4.98 Å². The van der Waals surface area contributed by atoms with E-state index in [9.17, 15) is 0 Å². The number of thiazole rings is 1. The predicted octanol–water partition coefficient (Wildman–Crippen LogP) is 1.10. The van der Waals surface area contributed by atoms with Crippen LogP contribution < -0.4 is 5.32 Å². The summed E-state index contributed by atoms with van der Waals surface area (Å²) in [7, 11) is 3.50. The highest BCUT2D eigenvalue weighted by Crippen LogP contribution is 2.19. The molecule has 1 aliphatic rings. The Kier molecular flexibility index (Phi) is 5.72. The van der Waals surface area contributed by atoms with Crippen LogP contribution in [0, 0.1) is 0 Å². The monoisotopic (exact) mass is 285 g/mol. The summed E-state index contributed by atoms with van der Waals surface area (Å²) in [6, 6.07) is 0. The number of likely N-dealkylation sites (tertiary alicyclic amines) is 1. The molecule has 0 amide bonds. The molecule has 0 radical (unpaired) electrons. The fourth-order valence-corrected chi connectivity index (χ4v) is 3.12. The third-order valence-electron chi connectivity index (χ3n) is 3.41. The summed E-state index contributed by atoms with van der Waals surface area (Å²) in [5, 5.41) is 6.60. The highest BCUT2D eigenvalue weighted by atomic mass is 32.1. The molecule has 19 heavy (non-hydrogen) atoms. The molecule has 6 heteroatoms. The number of methoxy groups -OCH3 is 2. The van der Waals surface area contributed by atoms with Crippen LogP contribution in [-0.4, -0.2) is 55.9 Å². The van der Waals surface area contributed by atoms with Crippen molar-refractivity contribution in [3.8, 4) is 0 Å². The summed E-state index contributed by atoms with van der Waals surface area (Å²) >= 11 is 1.72. The van der Waals surface area contributed by atoms with Crippen LogP contribution in [0.25, 0.3) is 0 Å². The number of nitrogens with zero attached hydrogens (tertiary/aromatic N) is 2. The third-order valence-corrected chi connectivity index (χ3v) is 4.31. The Labute approximate surface area is 118 Å². The first-order valence-electron chi connectivity index (χ1n) is 6.68. The molecule has 1 N–H and O–H groups in total. The second-order valence-corrected chi connectivity index (χ2v) is 5.70. The molecule has 0 saturated carbocycles. The Morgan fingerprint density at radius 2 is 2.05 bits per heavy atom. The number of nitrogens with one attached hydrogen (secondary N) is 1. The molecule has 2 unspecified atom stereocenters. The van der Waals surface area contributed by atoms with Gasteiger partial charge >= 0.3 is 0 Å². The molecule has 2 rings (SSSR count). The normalized spacial score (nSPS) is 24.2. The second-order valence-electron chi connectivity index (χ2n) is 4.76. The molecule has 2 atom stereocenters. The number of aromatic nitrogens is 1. The zero-order valence-corrected chi connectivity index (χ0v) is 12.7. The van der Waals surface area contributed by atoms with Gasteiger partial charge in [0, 0.05) is 45.8 Å². The van der Waals surface area contributed by atoms with Crippen molar-refractivity contribution in [2.75, 3.05) is 33.9 Å². The van der Waals surface area contributed by atoms with E-state index in [1.165, 1.54) is 0 Å². The zero-order chi connectivity index (χ0) is 13.7. The SMILES string of the molecule is CCNCc1nc(CN2CC(OC)C(OC)C2)cs1. The molecule has 2 heterocycles. The van der Waals surface area contributed by atoms with Gasteiger partial charge in [-0.1, -0.05) is 6.92 Å². The van der Waals surface area contributed by atoms with Gasteiger partial charge in [0.05, 0.1) is 17.9 Å². The third kappa shape index (κ3) is 3.97. The van der Waals surface area contributed by atoms with E-state index in [1.54, 1.807) is 25.6 Å². The van der Waals surface area contributed by atoms with Crippen LogP contribution in [0.5, 0.6) is 0 Å². The van der Waals surface area contributed by atoms with Gasteiger partial charge in [-0.3, -0.25) is 4.90 Å². The first-order valence-corrected chi connectivity index (χ1v) is 7.56. The summed E-state index contributed by atoms with van der Waals surface area (Å²) in [5.74, 6) is 0. The lowest BCUT2D eigenvalue weighted by Gasteiger charge is -2.13. The van der Waals surface area contributed by atoms with Gasteiger partial charge in [-0.2, -0.15) is 0 Å². The van der Waals surface area contributed by atoms with Crippen molar-refractivity contribution in [2.24, 2.45) is 0 Å². The average molecular weight is 285 g/mol. The number of hydrogen-bond donors (Lipinski definition) is 1. The fraction of sp³-hybridized carbons (Fsp3) is 0.769. The summed E-state index contributed by atoms with van der Waals surface area (Å²) < 4.78 is 10.9. The van der Waals surface area contributed by atoms with E-state index in [4.69, 9.17) is 9.47 Å². The lowest BCUT2D eigenvalue weighted by Crippen LogP contribution is -2.27. The largest absolute Gasteiger partial charge is 0.377 e. The molecule has 0 spiro atoms. The Morgan fingerprint density at radius 1 is 1.37 bits per heavy atom. The Bertz CT molecular complexity index is 374. The maximum atomic E-state index is 5.45. The Hall–Kier alpha value is -0.530. The Balaban J connectivity index is 1.86. The van der Waals surface area contributed by atoms with E-state index in [1.807, 2.05) is 0 Å². The molecule has 1 fully saturated rings. The van der Waals surface area contributed by atoms with Gasteiger partial charge < -0.3 is 14.8 Å². The molecular formula is C13H23N3O2S. The highest BCUT2D eigenvalue weighted by molar-refractivity contribution is 7.09. The second kappa shape index (κ2) is 7.31. The molecule has 1 saturated heterocycles. The molecule has 108 valence electrons. The molecule has 5 nitrogen and oxygen atoms in total. The van der Waals surface area contributed by atoms with Crippen molar-refractivity contribution >= 4 is 11.3 Å². The van der Waals surface area contributed by atoms with Crippen LogP contribution in [0.4, 0.5) is 0 Å². The quantitative estimate of drug-likeness (QED) is 0.813. The van der Waals surface area contributed by atoms with E-state index < -0.39 is 0 Å². The molecule has 1 aromatic rings. The van der Waals surface area contributed by atoms with Crippen molar-refractivity contribution in [2.45, 2.75) is 32.2 Å². The summed E-state index contributed by atoms with van der Waals surface area (Å²) in [5.41, 5.74) is 1.14. The van der Waals surface area contributed by atoms with Crippen molar-refractivity contribution in [1.82, 2.24) is 15.2 Å². The van der Waals surface area contributed by atoms with Crippen LogP contribution in [0.3, 0.4) is 0 Å². The first-order chi connectivity index (χ1) is 9.26.